The molecule has 0 saturated heterocycles. The molecule has 0 unspecified atom stereocenters. The van der Waals surface area contributed by atoms with Crippen LogP contribution in [0, 0.1) is 0 Å². The van der Waals surface area contributed by atoms with E-state index >= 15 is 0 Å². The fourth-order valence-corrected chi connectivity index (χ4v) is 4.52. The lowest BCUT2D eigenvalue weighted by atomic mass is 10.1. The number of anilines is 1. The van der Waals surface area contributed by atoms with Crippen LogP contribution in [0.1, 0.15) is 12.5 Å². The predicted octanol–water partition coefficient (Wildman–Crippen LogP) is 4.45. The quantitative estimate of drug-likeness (QED) is 0.606. The van der Waals surface area contributed by atoms with Gasteiger partial charge in [-0.1, -0.05) is 37.3 Å². The summed E-state index contributed by atoms with van der Waals surface area (Å²) in [5.41, 5.74) is 5.76. The van der Waals surface area contributed by atoms with Gasteiger partial charge in [-0.3, -0.25) is 0 Å². The maximum Gasteiger partial charge on any atom is 0.154 e. The highest BCUT2D eigenvalue weighted by atomic mass is 32.1. The molecule has 0 aliphatic carbocycles. The van der Waals surface area contributed by atoms with E-state index < -0.39 is 0 Å². The largest absolute Gasteiger partial charge is 0.371 e. The minimum absolute atomic E-state index is 0.847. The summed E-state index contributed by atoms with van der Waals surface area (Å²) in [5, 5.41) is 3.19. The fourth-order valence-electron chi connectivity index (χ4n) is 3.10. The van der Waals surface area contributed by atoms with Gasteiger partial charge in [-0.15, -0.1) is 11.3 Å². The topological polar surface area (TPSA) is 42.7 Å². The molecular weight excluding hydrogens is 304 g/mol. The lowest BCUT2D eigenvalue weighted by Gasteiger charge is -2.04. The van der Waals surface area contributed by atoms with Gasteiger partial charge < -0.3 is 9.88 Å². The second kappa shape index (κ2) is 5.35. The zero-order valence-corrected chi connectivity index (χ0v) is 14.2. The number of benzene rings is 1. The summed E-state index contributed by atoms with van der Waals surface area (Å²) in [6.45, 7) is 2.20. The Hall–Kier alpha value is -2.40. The van der Waals surface area contributed by atoms with Gasteiger partial charge >= 0.3 is 0 Å². The number of aryl methyl sites for hydroxylation is 2. The molecule has 0 atom stereocenters. The number of nitrogens with one attached hydrogen (secondary N) is 1. The highest BCUT2D eigenvalue weighted by molar-refractivity contribution is 7.23. The Morgan fingerprint density at radius 3 is 2.65 bits per heavy atom. The van der Waals surface area contributed by atoms with Gasteiger partial charge in [0.15, 0.2) is 5.82 Å². The number of aromatic nitrogens is 3. The molecule has 0 spiro atoms. The summed E-state index contributed by atoms with van der Waals surface area (Å²) in [4.78, 5) is 10.7. The van der Waals surface area contributed by atoms with Gasteiger partial charge in [0.2, 0.25) is 0 Å². The first-order chi connectivity index (χ1) is 11.2. The molecule has 116 valence electrons. The third-order valence-electron chi connectivity index (χ3n) is 4.21. The van der Waals surface area contributed by atoms with Crippen LogP contribution in [-0.2, 0) is 13.5 Å². The molecule has 4 aromatic rings. The second-order valence-electron chi connectivity index (χ2n) is 5.57. The maximum atomic E-state index is 4.88. The van der Waals surface area contributed by atoms with Crippen LogP contribution in [0.2, 0.25) is 0 Å². The minimum Gasteiger partial charge on any atom is -0.371 e. The molecule has 0 bridgehead atoms. The van der Waals surface area contributed by atoms with Crippen LogP contribution < -0.4 is 5.32 Å². The van der Waals surface area contributed by atoms with Crippen molar-refractivity contribution in [1.82, 2.24) is 14.5 Å². The molecule has 0 fully saturated rings. The zero-order valence-electron chi connectivity index (χ0n) is 13.4. The first-order valence-corrected chi connectivity index (χ1v) is 8.55. The van der Waals surface area contributed by atoms with Crippen LogP contribution in [-0.4, -0.2) is 21.6 Å². The SMILES string of the molecule is CCc1c(-c2ccccc2)sc2c1nc(NC)c1ncn(C)c12. The van der Waals surface area contributed by atoms with Crippen molar-refractivity contribution in [3.8, 4) is 10.4 Å². The molecule has 4 rings (SSSR count). The summed E-state index contributed by atoms with van der Waals surface area (Å²) in [7, 11) is 3.94. The Bertz CT molecular complexity index is 998. The van der Waals surface area contributed by atoms with Crippen molar-refractivity contribution in [3.05, 3.63) is 42.2 Å². The van der Waals surface area contributed by atoms with Crippen LogP contribution in [0.5, 0.6) is 0 Å². The van der Waals surface area contributed by atoms with Crippen LogP contribution in [0.3, 0.4) is 0 Å². The number of fused-ring (bicyclic) bond motifs is 3. The number of nitrogens with zero attached hydrogens (tertiary/aromatic N) is 3. The smallest absolute Gasteiger partial charge is 0.154 e. The summed E-state index contributed by atoms with van der Waals surface area (Å²) in [6.07, 6.45) is 2.82. The van der Waals surface area contributed by atoms with Crippen molar-refractivity contribution in [1.29, 1.82) is 0 Å². The van der Waals surface area contributed by atoms with E-state index in [0.717, 1.165) is 28.8 Å². The molecule has 0 saturated carbocycles. The van der Waals surface area contributed by atoms with Gasteiger partial charge in [0.25, 0.3) is 0 Å². The van der Waals surface area contributed by atoms with E-state index in [4.69, 9.17) is 4.98 Å². The third-order valence-corrected chi connectivity index (χ3v) is 5.48. The Labute approximate surface area is 138 Å². The van der Waals surface area contributed by atoms with Gasteiger partial charge in [0, 0.05) is 19.0 Å². The lowest BCUT2D eigenvalue weighted by molar-refractivity contribution is 0.951. The van der Waals surface area contributed by atoms with Crippen molar-refractivity contribution in [2.45, 2.75) is 13.3 Å². The van der Waals surface area contributed by atoms with E-state index in [9.17, 15) is 0 Å². The Morgan fingerprint density at radius 1 is 1.17 bits per heavy atom. The van der Waals surface area contributed by atoms with Crippen molar-refractivity contribution in [3.63, 3.8) is 0 Å². The number of thiophene rings is 1. The molecule has 1 N–H and O–H groups in total. The third kappa shape index (κ3) is 2.04. The summed E-state index contributed by atoms with van der Waals surface area (Å²) in [6, 6.07) is 10.6. The summed E-state index contributed by atoms with van der Waals surface area (Å²) >= 11 is 1.82. The van der Waals surface area contributed by atoms with Crippen LogP contribution in [0.15, 0.2) is 36.7 Å². The maximum absolute atomic E-state index is 4.88. The monoisotopic (exact) mass is 322 g/mol. The lowest BCUT2D eigenvalue weighted by Crippen LogP contribution is -1.96. The molecule has 0 aliphatic heterocycles. The molecule has 1 aromatic carbocycles. The Kier molecular flexibility index (Phi) is 3.31. The van der Waals surface area contributed by atoms with Crippen LogP contribution in [0.4, 0.5) is 5.82 Å². The second-order valence-corrected chi connectivity index (χ2v) is 6.59. The predicted molar refractivity (Wildman–Crippen MR) is 98.3 cm³/mol. The fraction of sp³-hybridized carbons (Fsp3) is 0.222. The summed E-state index contributed by atoms with van der Waals surface area (Å²) < 4.78 is 3.31. The highest BCUT2D eigenvalue weighted by Crippen LogP contribution is 2.42. The van der Waals surface area contributed by atoms with E-state index in [-0.39, 0.29) is 0 Å². The van der Waals surface area contributed by atoms with Crippen molar-refractivity contribution < 1.29 is 0 Å². The number of hydrogen-bond acceptors (Lipinski definition) is 4. The molecule has 0 radical (unpaired) electrons. The van der Waals surface area contributed by atoms with Crippen molar-refractivity contribution in [2.75, 3.05) is 12.4 Å². The molecule has 0 aliphatic rings. The Morgan fingerprint density at radius 2 is 1.96 bits per heavy atom. The normalized spacial score (nSPS) is 11.4. The average molecular weight is 322 g/mol. The van der Waals surface area contributed by atoms with E-state index in [2.05, 4.69) is 52.1 Å². The van der Waals surface area contributed by atoms with E-state index in [1.54, 1.807) is 0 Å². The van der Waals surface area contributed by atoms with Crippen molar-refractivity contribution >= 4 is 38.4 Å². The van der Waals surface area contributed by atoms with E-state index in [1.165, 1.54) is 20.7 Å². The number of pyridine rings is 1. The van der Waals surface area contributed by atoms with Crippen molar-refractivity contribution in [2.24, 2.45) is 7.05 Å². The van der Waals surface area contributed by atoms with Gasteiger partial charge in [0.05, 0.1) is 22.1 Å². The molecule has 3 aromatic heterocycles. The van der Waals surface area contributed by atoms with Crippen LogP contribution in [0.25, 0.3) is 31.7 Å². The van der Waals surface area contributed by atoms with E-state index in [1.807, 2.05) is 31.8 Å². The molecule has 23 heavy (non-hydrogen) atoms. The first-order valence-electron chi connectivity index (χ1n) is 7.74. The standard InChI is InChI=1S/C18H18N4S/c1-4-12-13-17(23-16(12)11-8-6-5-7-9-11)15-14(18(19-2)21-13)20-10-22(15)3/h5-10H,4H2,1-3H3,(H,19,21). The highest BCUT2D eigenvalue weighted by Gasteiger charge is 2.20. The Balaban J connectivity index is 2.15. The van der Waals surface area contributed by atoms with Gasteiger partial charge in [-0.05, 0) is 17.5 Å². The van der Waals surface area contributed by atoms with Gasteiger partial charge in [-0.25, -0.2) is 9.97 Å². The summed E-state index contributed by atoms with van der Waals surface area (Å²) in [5.74, 6) is 0.847. The number of imidazole rings is 1. The number of hydrogen-bond donors (Lipinski definition) is 1. The molecule has 5 heteroatoms. The minimum atomic E-state index is 0.847. The first kappa shape index (κ1) is 14.2. The van der Waals surface area contributed by atoms with E-state index in [0.29, 0.717) is 0 Å². The number of rotatable bonds is 3. The van der Waals surface area contributed by atoms with Gasteiger partial charge in [-0.2, -0.15) is 0 Å². The molecule has 0 amide bonds. The van der Waals surface area contributed by atoms with Gasteiger partial charge in [0.1, 0.15) is 5.52 Å². The average Bonchev–Trinajstić information content (AvgIpc) is 3.15. The zero-order chi connectivity index (χ0) is 16.0. The van der Waals surface area contributed by atoms with Crippen LogP contribution >= 0.6 is 11.3 Å². The molecule has 4 nitrogen and oxygen atoms in total. The molecule has 3 heterocycles. The molecular formula is C18H18N4S.